The fourth-order valence-corrected chi connectivity index (χ4v) is 0.532. The van der Waals surface area contributed by atoms with Gasteiger partial charge in [-0.05, 0) is 13.0 Å². The van der Waals surface area contributed by atoms with Gasteiger partial charge in [-0.2, -0.15) is 0 Å². The Labute approximate surface area is 48.0 Å². The average Bonchev–Trinajstić information content (AvgIpc) is 1.23. The van der Waals surface area contributed by atoms with Crippen LogP contribution in [0.2, 0.25) is 0 Å². The molecule has 1 saturated heterocycles. The van der Waals surface area contributed by atoms with Crippen molar-refractivity contribution in [3.05, 3.63) is 0 Å². The zero-order valence-corrected chi connectivity index (χ0v) is 4.68. The monoisotopic (exact) mass is 117 g/mol. The van der Waals surface area contributed by atoms with Gasteiger partial charge in [0.25, 0.3) is 0 Å². The third-order valence-corrected chi connectivity index (χ3v) is 1.17. The minimum absolute atomic E-state index is 0. The summed E-state index contributed by atoms with van der Waals surface area (Å²) in [4.78, 5) is 10.1. The number of primary amides is 1. The predicted octanol–water partition coefficient (Wildman–Crippen LogP) is -1.00. The van der Waals surface area contributed by atoms with Gasteiger partial charge >= 0.3 is 0 Å². The van der Waals surface area contributed by atoms with Crippen LogP contribution in [-0.2, 0) is 4.79 Å². The number of amides is 1. The minimum Gasteiger partial charge on any atom is -0.368 e. The molecule has 0 aromatic rings. The van der Waals surface area contributed by atoms with E-state index in [1.54, 1.807) is 0 Å². The lowest BCUT2D eigenvalue weighted by Crippen LogP contribution is -2.51. The lowest BCUT2D eigenvalue weighted by atomic mass is 10.1. The van der Waals surface area contributed by atoms with Gasteiger partial charge < -0.3 is 17.2 Å². The van der Waals surface area contributed by atoms with E-state index in [4.69, 9.17) is 5.73 Å². The zero-order valence-electron chi connectivity index (χ0n) is 4.68. The summed E-state index contributed by atoms with van der Waals surface area (Å²) < 4.78 is 0. The van der Waals surface area contributed by atoms with Gasteiger partial charge in [-0.25, -0.2) is 0 Å². The first kappa shape index (κ1) is 7.39. The molecule has 8 heavy (non-hydrogen) atoms. The highest BCUT2D eigenvalue weighted by Crippen LogP contribution is 1.98. The van der Waals surface area contributed by atoms with Crippen LogP contribution in [0.5, 0.6) is 0 Å². The van der Waals surface area contributed by atoms with E-state index in [1.165, 1.54) is 0 Å². The predicted molar refractivity (Wildman–Crippen MR) is 30.6 cm³/mol. The van der Waals surface area contributed by atoms with Crippen molar-refractivity contribution in [3.63, 3.8) is 0 Å². The van der Waals surface area contributed by atoms with Crippen LogP contribution in [0, 0.1) is 0 Å². The second-order valence-corrected chi connectivity index (χ2v) is 1.70. The maximum absolute atomic E-state index is 10.1. The highest BCUT2D eigenvalue weighted by Gasteiger charge is 2.20. The molecule has 1 heterocycles. The second kappa shape index (κ2) is 2.64. The van der Waals surface area contributed by atoms with Crippen LogP contribution < -0.4 is 17.2 Å². The third kappa shape index (κ3) is 1.18. The smallest absolute Gasteiger partial charge is 0.234 e. The quantitative estimate of drug-likeness (QED) is 0.411. The normalized spacial score (nSPS) is 25.2. The van der Waals surface area contributed by atoms with Crippen LogP contribution in [0.4, 0.5) is 0 Å². The summed E-state index contributed by atoms with van der Waals surface area (Å²) >= 11 is 0. The van der Waals surface area contributed by atoms with E-state index in [9.17, 15) is 4.79 Å². The van der Waals surface area contributed by atoms with Gasteiger partial charge in [-0.3, -0.25) is 4.79 Å². The van der Waals surface area contributed by atoms with E-state index >= 15 is 0 Å². The van der Waals surface area contributed by atoms with Crippen LogP contribution in [0.15, 0.2) is 0 Å². The van der Waals surface area contributed by atoms with Crippen LogP contribution in [0.1, 0.15) is 6.42 Å². The number of rotatable bonds is 1. The molecule has 1 amide bonds. The Morgan fingerprint density at radius 1 is 1.75 bits per heavy atom. The molecule has 0 radical (unpaired) electrons. The molecule has 0 aliphatic carbocycles. The molecule has 0 saturated carbocycles. The maximum atomic E-state index is 10.1. The standard InChI is InChI=1S/C4H8N2O.H3N/c5-4(7)3-1-2-6-3;/h3,6H,1-2H2,(H2,5,7);1H3. The highest BCUT2D eigenvalue weighted by atomic mass is 16.1. The lowest BCUT2D eigenvalue weighted by Gasteiger charge is -2.23. The van der Waals surface area contributed by atoms with Crippen molar-refractivity contribution in [2.24, 2.45) is 5.73 Å². The van der Waals surface area contributed by atoms with Crippen molar-refractivity contribution in [3.8, 4) is 0 Å². The van der Waals surface area contributed by atoms with Gasteiger partial charge in [-0.1, -0.05) is 0 Å². The summed E-state index contributed by atoms with van der Waals surface area (Å²) in [7, 11) is 0. The Hall–Kier alpha value is -0.610. The minimum atomic E-state index is -0.230. The lowest BCUT2D eigenvalue weighted by molar-refractivity contribution is -0.121. The maximum Gasteiger partial charge on any atom is 0.234 e. The molecule has 1 fully saturated rings. The number of carbonyl (C=O) groups excluding carboxylic acids is 1. The van der Waals surface area contributed by atoms with Crippen molar-refractivity contribution in [2.45, 2.75) is 12.5 Å². The summed E-state index contributed by atoms with van der Waals surface area (Å²) in [6, 6.07) is -0.0278. The molecule has 4 heteroatoms. The van der Waals surface area contributed by atoms with Crippen molar-refractivity contribution in [2.75, 3.05) is 6.54 Å². The van der Waals surface area contributed by atoms with Crippen LogP contribution in [0.25, 0.3) is 0 Å². The number of nitrogens with two attached hydrogens (primary N) is 1. The van der Waals surface area contributed by atoms with Crippen LogP contribution in [-0.4, -0.2) is 18.5 Å². The molecular formula is C4H11N3O. The van der Waals surface area contributed by atoms with Gasteiger partial charge in [0.15, 0.2) is 0 Å². The SMILES string of the molecule is N.NC(=O)C1CCN1. The summed E-state index contributed by atoms with van der Waals surface area (Å²) in [5.74, 6) is -0.230. The zero-order chi connectivity index (χ0) is 5.28. The fourth-order valence-electron chi connectivity index (χ4n) is 0.532. The van der Waals surface area contributed by atoms with Crippen LogP contribution in [0.3, 0.4) is 0 Å². The van der Waals surface area contributed by atoms with E-state index in [0.717, 1.165) is 13.0 Å². The first-order valence-electron chi connectivity index (χ1n) is 2.33. The molecule has 0 aromatic heterocycles. The largest absolute Gasteiger partial charge is 0.368 e. The molecule has 1 aliphatic rings. The number of hydrogen-bond acceptors (Lipinski definition) is 3. The van der Waals surface area contributed by atoms with E-state index < -0.39 is 0 Å². The summed E-state index contributed by atoms with van der Waals surface area (Å²) in [6.45, 7) is 0.938. The summed E-state index contributed by atoms with van der Waals surface area (Å²) in [6.07, 6.45) is 0.912. The number of carbonyl (C=O) groups is 1. The van der Waals surface area contributed by atoms with Crippen molar-refractivity contribution < 1.29 is 4.79 Å². The Kier molecular flexibility index (Phi) is 2.44. The van der Waals surface area contributed by atoms with Gasteiger partial charge in [0.1, 0.15) is 0 Å². The Bertz CT molecular complexity index is 89.3. The molecule has 1 unspecified atom stereocenters. The molecule has 0 spiro atoms. The first-order valence-corrected chi connectivity index (χ1v) is 2.33. The third-order valence-electron chi connectivity index (χ3n) is 1.17. The molecule has 1 aliphatic heterocycles. The Morgan fingerprint density at radius 2 is 2.25 bits per heavy atom. The summed E-state index contributed by atoms with van der Waals surface area (Å²) in [5, 5.41) is 2.87. The summed E-state index contributed by atoms with van der Waals surface area (Å²) in [5.41, 5.74) is 4.90. The fraction of sp³-hybridized carbons (Fsp3) is 0.750. The highest BCUT2D eigenvalue weighted by molar-refractivity contribution is 5.80. The molecule has 0 bridgehead atoms. The first-order chi connectivity index (χ1) is 3.30. The van der Waals surface area contributed by atoms with Crippen molar-refractivity contribution in [1.82, 2.24) is 11.5 Å². The number of hydrogen-bond donors (Lipinski definition) is 3. The van der Waals surface area contributed by atoms with E-state index in [-0.39, 0.29) is 18.1 Å². The molecule has 4 nitrogen and oxygen atoms in total. The Balaban J connectivity index is 0.000000490. The van der Waals surface area contributed by atoms with Gasteiger partial charge in [0.05, 0.1) is 6.04 Å². The van der Waals surface area contributed by atoms with Gasteiger partial charge in [-0.15, -0.1) is 0 Å². The molecule has 6 N–H and O–H groups in total. The van der Waals surface area contributed by atoms with Gasteiger partial charge in [0, 0.05) is 0 Å². The van der Waals surface area contributed by atoms with Crippen LogP contribution >= 0.6 is 0 Å². The molecule has 1 rings (SSSR count). The topological polar surface area (TPSA) is 90.1 Å². The average molecular weight is 117 g/mol. The van der Waals surface area contributed by atoms with E-state index in [0.29, 0.717) is 0 Å². The Morgan fingerprint density at radius 3 is 2.25 bits per heavy atom. The van der Waals surface area contributed by atoms with Crippen molar-refractivity contribution in [1.29, 1.82) is 0 Å². The second-order valence-electron chi connectivity index (χ2n) is 1.70. The number of nitrogens with one attached hydrogen (secondary N) is 1. The van der Waals surface area contributed by atoms with Gasteiger partial charge in [0.2, 0.25) is 5.91 Å². The molecule has 48 valence electrons. The van der Waals surface area contributed by atoms with E-state index in [2.05, 4.69) is 5.32 Å². The molecule has 1 atom stereocenters. The van der Waals surface area contributed by atoms with E-state index in [1.807, 2.05) is 0 Å². The molecular weight excluding hydrogens is 106 g/mol. The molecule has 0 aromatic carbocycles. The van der Waals surface area contributed by atoms with Crippen molar-refractivity contribution >= 4 is 5.91 Å².